The normalized spacial score (nSPS) is 17.5. The molecule has 2 aromatic heterocycles. The number of para-hydroxylation sites is 2. The summed E-state index contributed by atoms with van der Waals surface area (Å²) in [6.07, 6.45) is 3.62. The predicted octanol–water partition coefficient (Wildman–Crippen LogP) is 4.63. The Bertz CT molecular complexity index is 1490. The first kappa shape index (κ1) is 24.6. The molecule has 1 saturated carbocycles. The highest BCUT2D eigenvalue weighted by molar-refractivity contribution is 5.93. The average molecular weight is 501 g/mol. The summed E-state index contributed by atoms with van der Waals surface area (Å²) in [5.41, 5.74) is 2.84. The summed E-state index contributed by atoms with van der Waals surface area (Å²) in [5, 5.41) is 8.62. The quantitative estimate of drug-likeness (QED) is 0.357. The molecule has 37 heavy (non-hydrogen) atoms. The number of benzene rings is 2. The highest BCUT2D eigenvalue weighted by atomic mass is 16.5. The van der Waals surface area contributed by atoms with Gasteiger partial charge < -0.3 is 24.7 Å². The Morgan fingerprint density at radius 3 is 2.54 bits per heavy atom. The van der Waals surface area contributed by atoms with Crippen LogP contribution in [0.1, 0.15) is 31.2 Å². The van der Waals surface area contributed by atoms with Crippen molar-refractivity contribution in [2.45, 2.75) is 44.7 Å². The van der Waals surface area contributed by atoms with E-state index in [1.165, 1.54) is 6.07 Å². The van der Waals surface area contributed by atoms with Gasteiger partial charge in [0.15, 0.2) is 17.9 Å². The summed E-state index contributed by atoms with van der Waals surface area (Å²) in [4.78, 5) is 31.3. The van der Waals surface area contributed by atoms with Crippen LogP contribution in [0.4, 0.5) is 11.5 Å². The van der Waals surface area contributed by atoms with E-state index in [4.69, 9.17) is 14.1 Å². The van der Waals surface area contributed by atoms with Crippen LogP contribution in [0.15, 0.2) is 63.8 Å². The van der Waals surface area contributed by atoms with Gasteiger partial charge >= 0.3 is 5.63 Å². The summed E-state index contributed by atoms with van der Waals surface area (Å²) < 4.78 is 11.1. The van der Waals surface area contributed by atoms with E-state index >= 15 is 0 Å². The second-order valence-electron chi connectivity index (χ2n) is 9.87. The zero-order valence-electron chi connectivity index (χ0n) is 21.4. The van der Waals surface area contributed by atoms with Gasteiger partial charge in [0.2, 0.25) is 0 Å². The molecule has 0 bridgehead atoms. The van der Waals surface area contributed by atoms with Crippen molar-refractivity contribution >= 4 is 39.3 Å². The average Bonchev–Trinajstić information content (AvgIpc) is 2.88. The number of hydrogen-bond donors (Lipinski definition) is 2. The number of nitrogens with zero attached hydrogens (tertiary/aromatic N) is 2. The van der Waals surface area contributed by atoms with Crippen molar-refractivity contribution in [3.8, 4) is 5.75 Å². The number of hydrogen-bond acceptors (Lipinski definition) is 7. The largest absolute Gasteiger partial charge is 0.480 e. The second kappa shape index (κ2) is 10.5. The minimum absolute atomic E-state index is 0.101. The van der Waals surface area contributed by atoms with Crippen LogP contribution >= 0.6 is 0 Å². The first-order chi connectivity index (χ1) is 17.9. The van der Waals surface area contributed by atoms with E-state index in [1.807, 2.05) is 51.4 Å². The molecule has 0 radical (unpaired) electrons. The molecule has 1 aliphatic rings. The third-order valence-corrected chi connectivity index (χ3v) is 6.92. The van der Waals surface area contributed by atoms with Gasteiger partial charge in [-0.1, -0.05) is 30.3 Å². The molecular formula is C29H32N4O4. The Labute approximate surface area is 215 Å². The molecule has 0 saturated heterocycles. The van der Waals surface area contributed by atoms with Gasteiger partial charge in [-0.2, -0.15) is 0 Å². The summed E-state index contributed by atoms with van der Waals surface area (Å²) >= 11 is 0. The highest BCUT2D eigenvalue weighted by Crippen LogP contribution is 2.30. The molecule has 2 heterocycles. The van der Waals surface area contributed by atoms with Gasteiger partial charge in [-0.3, -0.25) is 4.79 Å². The molecule has 2 aromatic carbocycles. The van der Waals surface area contributed by atoms with Crippen molar-refractivity contribution in [3.63, 3.8) is 0 Å². The van der Waals surface area contributed by atoms with Crippen LogP contribution in [0, 0.1) is 6.92 Å². The maximum Gasteiger partial charge on any atom is 0.336 e. The molecule has 1 fully saturated rings. The molecule has 5 rings (SSSR count). The van der Waals surface area contributed by atoms with E-state index in [0.29, 0.717) is 17.4 Å². The molecule has 8 heteroatoms. The number of carbonyl (C=O) groups is 1. The van der Waals surface area contributed by atoms with Gasteiger partial charge in [0.1, 0.15) is 5.82 Å². The molecular weight excluding hydrogens is 468 g/mol. The highest BCUT2D eigenvalue weighted by Gasteiger charge is 2.23. The minimum atomic E-state index is -0.437. The fourth-order valence-electron chi connectivity index (χ4n) is 5.03. The molecule has 1 aliphatic carbocycles. The van der Waals surface area contributed by atoms with E-state index in [1.54, 1.807) is 6.07 Å². The predicted molar refractivity (Wildman–Crippen MR) is 147 cm³/mol. The summed E-state index contributed by atoms with van der Waals surface area (Å²) in [6.45, 7) is 1.71. The molecule has 0 aliphatic heterocycles. The molecule has 0 unspecified atom stereocenters. The minimum Gasteiger partial charge on any atom is -0.480 e. The molecule has 1 amide bonds. The second-order valence-corrected chi connectivity index (χ2v) is 9.87. The summed E-state index contributed by atoms with van der Waals surface area (Å²) in [5.74, 6) is 1.08. The Morgan fingerprint density at radius 1 is 1.03 bits per heavy atom. The number of ether oxygens (including phenoxy) is 1. The Hall–Kier alpha value is -4.07. The van der Waals surface area contributed by atoms with Gasteiger partial charge in [0.25, 0.3) is 5.91 Å². The third kappa shape index (κ3) is 5.53. The number of carbonyl (C=O) groups excluding carboxylic acids is 1. The fraction of sp³-hybridized carbons (Fsp3) is 0.345. The van der Waals surface area contributed by atoms with Crippen molar-refractivity contribution in [3.05, 3.63) is 70.6 Å². The van der Waals surface area contributed by atoms with Crippen molar-refractivity contribution in [2.75, 3.05) is 30.9 Å². The third-order valence-electron chi connectivity index (χ3n) is 6.92. The summed E-state index contributed by atoms with van der Waals surface area (Å²) in [7, 11) is 4.08. The van der Waals surface area contributed by atoms with Crippen LogP contribution in [-0.2, 0) is 4.79 Å². The van der Waals surface area contributed by atoms with E-state index in [2.05, 4.69) is 27.7 Å². The van der Waals surface area contributed by atoms with Crippen LogP contribution in [-0.4, -0.2) is 43.7 Å². The Morgan fingerprint density at radius 2 is 1.76 bits per heavy atom. The Kier molecular flexibility index (Phi) is 6.99. The van der Waals surface area contributed by atoms with Crippen LogP contribution in [0.25, 0.3) is 21.9 Å². The molecule has 8 nitrogen and oxygen atoms in total. The topological polar surface area (TPSA) is 96.7 Å². The number of fused-ring (bicyclic) bond motifs is 2. The number of aromatic nitrogens is 1. The lowest BCUT2D eigenvalue weighted by molar-refractivity contribution is -0.124. The number of aryl methyl sites for hydroxylation is 1. The van der Waals surface area contributed by atoms with Crippen molar-refractivity contribution in [2.24, 2.45) is 0 Å². The number of amides is 1. The van der Waals surface area contributed by atoms with Crippen molar-refractivity contribution in [1.29, 1.82) is 0 Å². The van der Waals surface area contributed by atoms with Crippen LogP contribution in [0.5, 0.6) is 5.75 Å². The molecule has 0 atom stereocenters. The number of rotatable bonds is 7. The van der Waals surface area contributed by atoms with Crippen LogP contribution < -0.4 is 25.9 Å². The molecule has 4 aromatic rings. The van der Waals surface area contributed by atoms with Gasteiger partial charge in [0, 0.05) is 54.8 Å². The van der Waals surface area contributed by atoms with Crippen molar-refractivity contribution in [1.82, 2.24) is 10.3 Å². The van der Waals surface area contributed by atoms with E-state index in [-0.39, 0.29) is 18.6 Å². The first-order valence-corrected chi connectivity index (χ1v) is 12.7. The number of anilines is 2. The smallest absolute Gasteiger partial charge is 0.336 e. The lowest BCUT2D eigenvalue weighted by Crippen LogP contribution is -2.42. The number of nitrogens with one attached hydrogen (secondary N) is 2. The molecule has 0 spiro atoms. The number of pyridine rings is 1. The van der Waals surface area contributed by atoms with Gasteiger partial charge in [-0.15, -0.1) is 0 Å². The standard InChI is InChI=1S/C29H32N4O4/c1-18-15-28(35)37-29-21(18)8-6-10-25(29)36-17-27(34)31-20-13-11-19(12-14-20)30-26-16-24(33(2)3)22-7-4-5-9-23(22)32-26/h4-10,15-16,19-20H,11-14,17H2,1-3H3,(H,30,32)(H,31,34). The van der Waals surface area contributed by atoms with Gasteiger partial charge in [-0.25, -0.2) is 9.78 Å². The maximum absolute atomic E-state index is 12.6. The van der Waals surface area contributed by atoms with Crippen LogP contribution in [0.2, 0.25) is 0 Å². The first-order valence-electron chi connectivity index (χ1n) is 12.7. The van der Waals surface area contributed by atoms with Gasteiger partial charge in [-0.05, 0) is 50.3 Å². The lowest BCUT2D eigenvalue weighted by atomic mass is 9.91. The maximum atomic E-state index is 12.6. The summed E-state index contributed by atoms with van der Waals surface area (Å²) in [6, 6.07) is 17.5. The molecule has 192 valence electrons. The van der Waals surface area contributed by atoms with E-state index in [0.717, 1.165) is 59.0 Å². The SMILES string of the molecule is Cc1cc(=O)oc2c(OCC(=O)NC3CCC(Nc4cc(N(C)C)c5ccccc5n4)CC3)cccc12. The van der Waals surface area contributed by atoms with E-state index < -0.39 is 5.63 Å². The van der Waals surface area contributed by atoms with Gasteiger partial charge in [0.05, 0.1) is 5.52 Å². The molecule has 2 N–H and O–H groups in total. The van der Waals surface area contributed by atoms with Crippen molar-refractivity contribution < 1.29 is 13.9 Å². The van der Waals surface area contributed by atoms with Crippen LogP contribution in [0.3, 0.4) is 0 Å². The zero-order chi connectivity index (χ0) is 25.9. The Balaban J connectivity index is 1.15. The lowest BCUT2D eigenvalue weighted by Gasteiger charge is -2.30. The van der Waals surface area contributed by atoms with E-state index in [9.17, 15) is 9.59 Å². The fourth-order valence-corrected chi connectivity index (χ4v) is 5.03. The zero-order valence-corrected chi connectivity index (χ0v) is 21.4. The monoisotopic (exact) mass is 500 g/mol.